The molecule has 0 unspecified atom stereocenters. The minimum Gasteiger partial charge on any atom is -0.444 e. The summed E-state index contributed by atoms with van der Waals surface area (Å²) in [4.78, 5) is 12.3. The number of carbonyl (C=O) groups excluding carboxylic acids is 1. The normalized spacial score (nSPS) is 13.6. The third-order valence-corrected chi connectivity index (χ3v) is 11.9. The highest BCUT2D eigenvalue weighted by atomic mass is 28.3. The Morgan fingerprint density at radius 1 is 0.933 bits per heavy atom. The minimum atomic E-state index is -2.23. The van der Waals surface area contributed by atoms with Crippen LogP contribution in [-0.4, -0.2) is 37.5 Å². The summed E-state index contributed by atoms with van der Waals surface area (Å²) in [6.45, 7) is 12.3. The van der Waals surface area contributed by atoms with Crippen LogP contribution in [0.2, 0.25) is 11.1 Å². The molecule has 0 fully saturated rings. The molecule has 164 valence electrons. The van der Waals surface area contributed by atoms with Gasteiger partial charge in [0.25, 0.3) is 0 Å². The number of aliphatic hydroxyl groups excluding tert-OH is 1. The average molecular weight is 428 g/mol. The zero-order valence-electron chi connectivity index (χ0n) is 19.2. The first-order valence-corrected chi connectivity index (χ1v) is 12.9. The van der Waals surface area contributed by atoms with E-state index in [-0.39, 0.29) is 17.7 Å². The Morgan fingerprint density at radius 3 is 1.77 bits per heavy atom. The average Bonchev–Trinajstić information content (AvgIpc) is 2.66. The summed E-state index contributed by atoms with van der Waals surface area (Å²) in [5, 5.41) is 15.6. The van der Waals surface area contributed by atoms with Crippen LogP contribution in [0.25, 0.3) is 0 Å². The molecular weight excluding hydrogens is 390 g/mol. The van der Waals surface area contributed by atoms with Gasteiger partial charge in [0.05, 0.1) is 12.6 Å². The van der Waals surface area contributed by atoms with Gasteiger partial charge in [-0.05, 0) is 38.3 Å². The van der Waals surface area contributed by atoms with Gasteiger partial charge in [0, 0.05) is 0 Å². The van der Waals surface area contributed by atoms with Crippen molar-refractivity contribution in [3.63, 3.8) is 0 Å². The number of hydrogen-bond donors (Lipinski definition) is 2. The molecule has 0 saturated carbocycles. The fourth-order valence-corrected chi connectivity index (χ4v) is 9.91. The van der Waals surface area contributed by atoms with E-state index in [0.717, 1.165) is 6.04 Å². The maximum atomic E-state index is 12.3. The van der Waals surface area contributed by atoms with Crippen LogP contribution >= 0.6 is 0 Å². The predicted molar refractivity (Wildman–Crippen MR) is 127 cm³/mol. The van der Waals surface area contributed by atoms with Gasteiger partial charge in [-0.3, -0.25) is 0 Å². The Morgan fingerprint density at radius 2 is 1.40 bits per heavy atom. The lowest BCUT2D eigenvalue weighted by Crippen LogP contribution is -2.64. The molecule has 0 spiro atoms. The predicted octanol–water partition coefficient (Wildman–Crippen LogP) is 4.33. The zero-order valence-corrected chi connectivity index (χ0v) is 20.2. The number of rotatable bonds is 7. The first-order valence-electron chi connectivity index (χ1n) is 10.7. The van der Waals surface area contributed by atoms with Crippen molar-refractivity contribution in [2.45, 2.75) is 70.7 Å². The summed E-state index contributed by atoms with van der Waals surface area (Å²) in [6, 6.07) is 22.0. The van der Waals surface area contributed by atoms with Gasteiger partial charge in [-0.2, -0.15) is 0 Å². The van der Waals surface area contributed by atoms with Gasteiger partial charge in [0.1, 0.15) is 13.7 Å². The third kappa shape index (κ3) is 5.96. The lowest BCUT2D eigenvalue weighted by Gasteiger charge is -2.45. The standard InChI is InChI=1S/C25H37NO3Si/c1-24(2,3)29-23(28)26-20(19-27)17-18-30(25(4,5)6,21-13-9-7-10-14-21)22-15-11-8-12-16-22/h7-16,20,27H,17-19H2,1-6H3,(H,26,28)/t20-/m1/s1. The SMILES string of the molecule is CC(C)(C)OC(=O)N[C@@H](CO)CC[Si](c1ccccc1)(c1ccccc1)C(C)(C)C. The molecule has 4 nitrogen and oxygen atoms in total. The molecule has 30 heavy (non-hydrogen) atoms. The molecule has 0 heterocycles. The third-order valence-electron chi connectivity index (χ3n) is 5.62. The van der Waals surface area contributed by atoms with E-state index in [1.165, 1.54) is 10.4 Å². The summed E-state index contributed by atoms with van der Waals surface area (Å²) in [7, 11) is -2.23. The van der Waals surface area contributed by atoms with Gasteiger partial charge in [0.15, 0.2) is 0 Å². The molecule has 0 bridgehead atoms. The van der Waals surface area contributed by atoms with Crippen LogP contribution in [-0.2, 0) is 4.74 Å². The molecule has 0 radical (unpaired) electrons. The van der Waals surface area contributed by atoms with Crippen molar-refractivity contribution < 1.29 is 14.6 Å². The van der Waals surface area contributed by atoms with Crippen molar-refractivity contribution in [2.24, 2.45) is 0 Å². The molecule has 0 aliphatic carbocycles. The molecule has 2 rings (SSSR count). The molecule has 0 saturated heterocycles. The molecule has 1 amide bonds. The van der Waals surface area contributed by atoms with Gasteiger partial charge >= 0.3 is 6.09 Å². The lowest BCUT2D eigenvalue weighted by molar-refractivity contribution is 0.0481. The second kappa shape index (κ2) is 9.80. The Balaban J connectivity index is 2.37. The fourth-order valence-electron chi connectivity index (χ4n) is 4.22. The monoisotopic (exact) mass is 427 g/mol. The van der Waals surface area contributed by atoms with Gasteiger partial charge in [-0.25, -0.2) is 4.79 Å². The van der Waals surface area contributed by atoms with Crippen molar-refractivity contribution in [1.82, 2.24) is 5.32 Å². The first-order chi connectivity index (χ1) is 14.0. The Hall–Kier alpha value is -2.11. The van der Waals surface area contributed by atoms with E-state index in [1.807, 2.05) is 20.8 Å². The van der Waals surface area contributed by atoms with Crippen LogP contribution in [0.1, 0.15) is 48.0 Å². The van der Waals surface area contributed by atoms with E-state index in [9.17, 15) is 9.90 Å². The van der Waals surface area contributed by atoms with Crippen LogP contribution < -0.4 is 15.7 Å². The van der Waals surface area contributed by atoms with Crippen molar-refractivity contribution in [3.05, 3.63) is 60.7 Å². The van der Waals surface area contributed by atoms with Crippen LogP contribution in [0.15, 0.2) is 60.7 Å². The van der Waals surface area contributed by atoms with Crippen LogP contribution in [0.4, 0.5) is 4.79 Å². The van der Waals surface area contributed by atoms with Crippen LogP contribution in [0.3, 0.4) is 0 Å². The fraction of sp³-hybridized carbons (Fsp3) is 0.480. The number of nitrogens with one attached hydrogen (secondary N) is 1. The van der Waals surface area contributed by atoms with Gasteiger partial charge in [0.2, 0.25) is 0 Å². The molecule has 0 aliphatic heterocycles. The Kier molecular flexibility index (Phi) is 7.89. The largest absolute Gasteiger partial charge is 0.444 e. The minimum absolute atomic E-state index is 0.0433. The van der Waals surface area contributed by atoms with E-state index in [1.54, 1.807) is 0 Å². The quantitative estimate of drug-likeness (QED) is 0.647. The van der Waals surface area contributed by atoms with Crippen LogP contribution in [0, 0.1) is 0 Å². The van der Waals surface area contributed by atoms with E-state index in [4.69, 9.17) is 4.74 Å². The number of ether oxygens (including phenoxy) is 1. The van der Waals surface area contributed by atoms with E-state index in [2.05, 4.69) is 86.8 Å². The molecule has 1 atom stereocenters. The number of alkyl carbamates (subject to hydrolysis) is 1. The Labute approximate surface area is 182 Å². The summed E-state index contributed by atoms with van der Waals surface area (Å²) in [5.74, 6) is 0. The maximum Gasteiger partial charge on any atom is 0.407 e. The number of carbonyl (C=O) groups is 1. The molecule has 2 aromatic carbocycles. The molecule has 0 aromatic heterocycles. The smallest absolute Gasteiger partial charge is 0.407 e. The maximum absolute atomic E-state index is 12.3. The molecule has 2 aromatic rings. The summed E-state index contributed by atoms with van der Waals surface area (Å²) < 4.78 is 5.39. The lowest BCUT2D eigenvalue weighted by atomic mass is 10.2. The zero-order chi connectivity index (χ0) is 22.4. The summed E-state index contributed by atoms with van der Waals surface area (Å²) in [6.07, 6.45) is 0.201. The summed E-state index contributed by atoms with van der Waals surface area (Å²) in [5.41, 5.74) is -0.567. The Bertz CT molecular complexity index is 755. The molecule has 5 heteroatoms. The van der Waals surface area contributed by atoms with E-state index < -0.39 is 19.8 Å². The number of benzene rings is 2. The number of aliphatic hydroxyl groups is 1. The highest BCUT2D eigenvalue weighted by Gasteiger charge is 2.47. The molecule has 0 aliphatic rings. The second-order valence-corrected chi connectivity index (χ2v) is 14.9. The van der Waals surface area contributed by atoms with Gasteiger partial charge in [-0.15, -0.1) is 0 Å². The van der Waals surface area contributed by atoms with Gasteiger partial charge < -0.3 is 15.2 Å². The van der Waals surface area contributed by atoms with Crippen molar-refractivity contribution in [2.75, 3.05) is 6.61 Å². The van der Waals surface area contributed by atoms with Crippen molar-refractivity contribution in [1.29, 1.82) is 0 Å². The molecular formula is C25H37NO3Si. The topological polar surface area (TPSA) is 58.6 Å². The first kappa shape index (κ1) is 24.2. The van der Waals surface area contributed by atoms with Crippen molar-refractivity contribution >= 4 is 24.5 Å². The van der Waals surface area contributed by atoms with E-state index >= 15 is 0 Å². The van der Waals surface area contributed by atoms with Crippen molar-refractivity contribution in [3.8, 4) is 0 Å². The number of amides is 1. The highest BCUT2D eigenvalue weighted by Crippen LogP contribution is 2.39. The molecule has 2 N–H and O–H groups in total. The van der Waals surface area contributed by atoms with Crippen LogP contribution in [0.5, 0.6) is 0 Å². The second-order valence-electron chi connectivity index (χ2n) is 9.95. The number of hydrogen-bond acceptors (Lipinski definition) is 3. The van der Waals surface area contributed by atoms with E-state index in [0.29, 0.717) is 6.42 Å². The van der Waals surface area contributed by atoms with Gasteiger partial charge in [-0.1, -0.05) is 91.8 Å². The summed E-state index contributed by atoms with van der Waals surface area (Å²) >= 11 is 0. The highest BCUT2D eigenvalue weighted by molar-refractivity contribution is 7.04.